The molecule has 1 saturated heterocycles. The van der Waals surface area contributed by atoms with E-state index in [-0.39, 0.29) is 5.78 Å². The molecule has 3 nitrogen and oxygen atoms in total. The van der Waals surface area contributed by atoms with Crippen LogP contribution in [0.2, 0.25) is 0 Å². The molecular formula is C15H17NO2. The molecule has 1 unspecified atom stereocenters. The average Bonchev–Trinajstić information content (AvgIpc) is 2.84. The third-order valence-corrected chi connectivity index (χ3v) is 3.54. The van der Waals surface area contributed by atoms with Crippen molar-refractivity contribution in [3.05, 3.63) is 36.1 Å². The highest BCUT2D eigenvalue weighted by Gasteiger charge is 2.19. The number of hydrogen-bond acceptors (Lipinski definition) is 3. The first-order valence-electron chi connectivity index (χ1n) is 6.58. The van der Waals surface area contributed by atoms with Gasteiger partial charge >= 0.3 is 0 Å². The lowest BCUT2D eigenvalue weighted by atomic mass is 9.99. The van der Waals surface area contributed by atoms with E-state index in [0.717, 1.165) is 23.9 Å². The zero-order valence-electron chi connectivity index (χ0n) is 10.3. The quantitative estimate of drug-likeness (QED) is 0.842. The van der Waals surface area contributed by atoms with Gasteiger partial charge in [0, 0.05) is 17.8 Å². The third-order valence-electron chi connectivity index (χ3n) is 3.54. The van der Waals surface area contributed by atoms with Gasteiger partial charge in [0.05, 0.1) is 0 Å². The summed E-state index contributed by atoms with van der Waals surface area (Å²) in [6.45, 7) is 1.03. The summed E-state index contributed by atoms with van der Waals surface area (Å²) >= 11 is 0. The second-order valence-electron chi connectivity index (χ2n) is 4.92. The number of piperidine rings is 1. The van der Waals surface area contributed by atoms with Crippen LogP contribution in [0, 0.1) is 0 Å². The van der Waals surface area contributed by atoms with Crippen molar-refractivity contribution in [3.63, 3.8) is 0 Å². The number of furan rings is 1. The van der Waals surface area contributed by atoms with Crippen molar-refractivity contribution in [2.24, 2.45) is 0 Å². The number of ketones is 1. The number of rotatable bonds is 3. The molecule has 0 aliphatic carbocycles. The number of para-hydroxylation sites is 1. The maximum Gasteiger partial charge on any atom is 0.199 e. The summed E-state index contributed by atoms with van der Waals surface area (Å²) in [4.78, 5) is 12.1. The predicted molar refractivity (Wildman–Crippen MR) is 70.8 cm³/mol. The number of benzene rings is 1. The number of carbonyl (C=O) groups excluding carboxylic acids is 1. The molecule has 0 spiro atoms. The van der Waals surface area contributed by atoms with Crippen LogP contribution in [0.15, 0.2) is 34.7 Å². The highest BCUT2D eigenvalue weighted by Crippen LogP contribution is 2.21. The predicted octanol–water partition coefficient (Wildman–Crippen LogP) is 3.15. The van der Waals surface area contributed by atoms with Gasteiger partial charge in [-0.3, -0.25) is 4.79 Å². The van der Waals surface area contributed by atoms with Gasteiger partial charge in [-0.2, -0.15) is 0 Å². The summed E-state index contributed by atoms with van der Waals surface area (Å²) < 4.78 is 5.59. The normalized spacial score (nSPS) is 20.1. The van der Waals surface area contributed by atoms with Gasteiger partial charge in [-0.05, 0) is 31.5 Å². The van der Waals surface area contributed by atoms with Crippen LogP contribution in [0.3, 0.4) is 0 Å². The smallest absolute Gasteiger partial charge is 0.199 e. The van der Waals surface area contributed by atoms with E-state index in [2.05, 4.69) is 5.32 Å². The minimum Gasteiger partial charge on any atom is -0.453 e. The Morgan fingerprint density at radius 3 is 3.00 bits per heavy atom. The lowest BCUT2D eigenvalue weighted by molar-refractivity contribution is 0.0938. The summed E-state index contributed by atoms with van der Waals surface area (Å²) in [5.41, 5.74) is 0.789. The Kier molecular flexibility index (Phi) is 3.15. The third kappa shape index (κ3) is 2.31. The number of Topliss-reactive ketones (excluding diaryl/α,β-unsaturated/α-hetero) is 1. The standard InChI is InChI=1S/C15H17NO2/c17-13(10-12-6-3-4-8-16-12)15-9-11-5-1-2-7-14(11)18-15/h1-2,5,7,9,12,16H,3-4,6,8,10H2. The summed E-state index contributed by atoms with van der Waals surface area (Å²) in [7, 11) is 0. The van der Waals surface area contributed by atoms with E-state index in [0.29, 0.717) is 18.2 Å². The van der Waals surface area contributed by atoms with Crippen LogP contribution >= 0.6 is 0 Å². The van der Waals surface area contributed by atoms with Crippen molar-refractivity contribution in [2.45, 2.75) is 31.7 Å². The van der Waals surface area contributed by atoms with E-state index in [1.807, 2.05) is 30.3 Å². The molecular weight excluding hydrogens is 226 g/mol. The fourth-order valence-electron chi connectivity index (χ4n) is 2.54. The van der Waals surface area contributed by atoms with Crippen molar-refractivity contribution in [3.8, 4) is 0 Å². The minimum absolute atomic E-state index is 0.102. The lowest BCUT2D eigenvalue weighted by Gasteiger charge is -2.22. The zero-order chi connectivity index (χ0) is 12.4. The molecule has 1 N–H and O–H groups in total. The molecule has 1 aliphatic rings. The maximum absolute atomic E-state index is 12.1. The van der Waals surface area contributed by atoms with Crippen molar-refractivity contribution >= 4 is 16.8 Å². The molecule has 2 heterocycles. The zero-order valence-corrected chi connectivity index (χ0v) is 10.3. The number of carbonyl (C=O) groups is 1. The molecule has 0 amide bonds. The van der Waals surface area contributed by atoms with Crippen molar-refractivity contribution in [2.75, 3.05) is 6.54 Å². The van der Waals surface area contributed by atoms with Gasteiger partial charge in [0.25, 0.3) is 0 Å². The minimum atomic E-state index is 0.102. The molecule has 94 valence electrons. The molecule has 3 rings (SSSR count). The highest BCUT2D eigenvalue weighted by molar-refractivity contribution is 5.97. The van der Waals surface area contributed by atoms with Gasteiger partial charge < -0.3 is 9.73 Å². The van der Waals surface area contributed by atoms with E-state index in [9.17, 15) is 4.79 Å². The summed E-state index contributed by atoms with van der Waals surface area (Å²) in [5, 5.41) is 4.39. The summed E-state index contributed by atoms with van der Waals surface area (Å²) in [6.07, 6.45) is 4.06. The van der Waals surface area contributed by atoms with E-state index in [1.165, 1.54) is 12.8 Å². The monoisotopic (exact) mass is 243 g/mol. The molecule has 3 heteroatoms. The molecule has 1 aromatic heterocycles. The first-order valence-corrected chi connectivity index (χ1v) is 6.58. The Hall–Kier alpha value is -1.61. The molecule has 0 radical (unpaired) electrons. The molecule has 1 atom stereocenters. The molecule has 18 heavy (non-hydrogen) atoms. The van der Waals surface area contributed by atoms with E-state index >= 15 is 0 Å². The van der Waals surface area contributed by atoms with Crippen LogP contribution < -0.4 is 5.32 Å². The van der Waals surface area contributed by atoms with Gasteiger partial charge in [0.1, 0.15) is 5.58 Å². The van der Waals surface area contributed by atoms with E-state index in [4.69, 9.17) is 4.42 Å². The van der Waals surface area contributed by atoms with Crippen molar-refractivity contribution in [1.82, 2.24) is 5.32 Å². The van der Waals surface area contributed by atoms with Gasteiger partial charge in [0.15, 0.2) is 11.5 Å². The molecule has 2 aromatic rings. The maximum atomic E-state index is 12.1. The Labute approximate surface area is 106 Å². The Morgan fingerprint density at radius 2 is 2.22 bits per heavy atom. The summed E-state index contributed by atoms with van der Waals surface area (Å²) in [5.74, 6) is 0.592. The second kappa shape index (κ2) is 4.94. The Balaban J connectivity index is 1.74. The first-order chi connectivity index (χ1) is 8.83. The average molecular weight is 243 g/mol. The van der Waals surface area contributed by atoms with Gasteiger partial charge in [-0.15, -0.1) is 0 Å². The molecule has 1 fully saturated rings. The molecule has 0 saturated carbocycles. The fraction of sp³-hybridized carbons (Fsp3) is 0.400. The van der Waals surface area contributed by atoms with Gasteiger partial charge in [0.2, 0.25) is 0 Å². The van der Waals surface area contributed by atoms with Crippen LogP contribution in [0.25, 0.3) is 11.0 Å². The van der Waals surface area contributed by atoms with Crippen LogP contribution in [-0.4, -0.2) is 18.4 Å². The highest BCUT2D eigenvalue weighted by atomic mass is 16.3. The van der Waals surface area contributed by atoms with Crippen LogP contribution in [0.4, 0.5) is 0 Å². The molecule has 1 aromatic carbocycles. The second-order valence-corrected chi connectivity index (χ2v) is 4.92. The first kappa shape index (κ1) is 11.5. The van der Waals surface area contributed by atoms with Gasteiger partial charge in [-0.25, -0.2) is 0 Å². The van der Waals surface area contributed by atoms with Gasteiger partial charge in [-0.1, -0.05) is 24.6 Å². The number of fused-ring (bicyclic) bond motifs is 1. The summed E-state index contributed by atoms with van der Waals surface area (Å²) in [6, 6.07) is 9.90. The fourth-order valence-corrected chi connectivity index (χ4v) is 2.54. The van der Waals surface area contributed by atoms with E-state index in [1.54, 1.807) is 0 Å². The van der Waals surface area contributed by atoms with Crippen LogP contribution in [0.1, 0.15) is 36.2 Å². The topological polar surface area (TPSA) is 42.2 Å². The number of nitrogens with one attached hydrogen (secondary N) is 1. The van der Waals surface area contributed by atoms with Crippen molar-refractivity contribution < 1.29 is 9.21 Å². The Morgan fingerprint density at radius 1 is 1.33 bits per heavy atom. The number of hydrogen-bond donors (Lipinski definition) is 1. The van der Waals surface area contributed by atoms with Crippen LogP contribution in [-0.2, 0) is 0 Å². The lowest BCUT2D eigenvalue weighted by Crippen LogP contribution is -2.35. The largest absolute Gasteiger partial charge is 0.453 e. The molecule has 0 bridgehead atoms. The molecule has 1 aliphatic heterocycles. The SMILES string of the molecule is O=C(CC1CCCCN1)c1cc2ccccc2o1. The van der Waals surface area contributed by atoms with E-state index < -0.39 is 0 Å². The Bertz CT molecular complexity index is 519. The van der Waals surface area contributed by atoms with Crippen LogP contribution in [0.5, 0.6) is 0 Å². The van der Waals surface area contributed by atoms with Crippen molar-refractivity contribution in [1.29, 1.82) is 0 Å².